The number of hydrogen-bond donors (Lipinski definition) is 1. The topological polar surface area (TPSA) is 54.4 Å². The van der Waals surface area contributed by atoms with Crippen molar-refractivity contribution >= 4 is 15.0 Å². The largest absolute Gasteiger partial charge is 0.294 e. The molecule has 1 rings (SSSR count). The predicted molar refractivity (Wildman–Crippen MR) is 47.0 cm³/mol. The molecule has 0 aliphatic heterocycles. The van der Waals surface area contributed by atoms with E-state index in [0.29, 0.717) is 5.56 Å². The predicted octanol–water partition coefficient (Wildman–Crippen LogP) is 1.54. The Labute approximate surface area is 90.0 Å². The first-order valence-electron chi connectivity index (χ1n) is 3.23. The Hall–Kier alpha value is -0.507. The molecule has 66 valence electrons. The Kier molecular flexibility index (Phi) is 4.47. The molecule has 0 amide bonds. The van der Waals surface area contributed by atoms with E-state index in [1.54, 1.807) is 30.3 Å². The van der Waals surface area contributed by atoms with E-state index in [9.17, 15) is 8.42 Å². The molecule has 1 N–H and O–H groups in total. The van der Waals surface area contributed by atoms with Crippen LogP contribution in [0.25, 0.3) is 4.91 Å². The molecule has 1 aromatic carbocycles. The Bertz CT molecular complexity index is 383. The maximum atomic E-state index is 10.6. The van der Waals surface area contributed by atoms with E-state index < -0.39 is 10.1 Å². The zero-order chi connectivity index (χ0) is 9.19. The van der Waals surface area contributed by atoms with Crippen LogP contribution in [0.5, 0.6) is 0 Å². The van der Waals surface area contributed by atoms with Gasteiger partial charge in [-0.25, -0.2) is 0 Å². The first-order valence-corrected chi connectivity index (χ1v) is 4.67. The van der Waals surface area contributed by atoms with Crippen molar-refractivity contribution in [2.75, 3.05) is 0 Å². The minimum absolute atomic E-state index is 0. The average Bonchev–Trinajstić information content (AvgIpc) is 2.03. The Morgan fingerprint density at radius 3 is 2.08 bits per heavy atom. The quantitative estimate of drug-likeness (QED) is 0.639. The van der Waals surface area contributed by atoms with Gasteiger partial charge in [-0.2, -0.15) is 8.42 Å². The summed E-state index contributed by atoms with van der Waals surface area (Å²) in [5.74, 6) is 0. The van der Waals surface area contributed by atoms with Gasteiger partial charge in [0.2, 0.25) is 0 Å². The van der Waals surface area contributed by atoms with E-state index in [1.165, 1.54) is 0 Å². The van der Waals surface area contributed by atoms with Crippen molar-refractivity contribution in [3.8, 4) is 0 Å². The van der Waals surface area contributed by atoms with Crippen molar-refractivity contribution in [2.24, 2.45) is 0 Å². The van der Waals surface area contributed by atoms with Gasteiger partial charge >= 0.3 is 0 Å². The number of rotatable bonds is 2. The zero-order valence-corrected chi connectivity index (χ0v) is 10.8. The number of hydrogen-bond acceptors (Lipinski definition) is 2. The van der Waals surface area contributed by atoms with E-state index in [2.05, 4.69) is 6.58 Å². The van der Waals surface area contributed by atoms with E-state index in [-0.39, 0.29) is 24.4 Å². The van der Waals surface area contributed by atoms with Gasteiger partial charge in [0.25, 0.3) is 10.1 Å². The molecule has 0 unspecified atom stereocenters. The van der Waals surface area contributed by atoms with Crippen molar-refractivity contribution in [3.05, 3.63) is 42.5 Å². The molecule has 0 aliphatic rings. The van der Waals surface area contributed by atoms with Crippen LogP contribution in [-0.4, -0.2) is 13.0 Å². The molecule has 0 atom stereocenters. The molecule has 0 heterocycles. The second-order valence-corrected chi connectivity index (χ2v) is 3.71. The normalized spacial score (nSPS) is 10.2. The summed E-state index contributed by atoms with van der Waals surface area (Å²) in [4.78, 5) is -0.275. The molecule has 0 spiro atoms. The van der Waals surface area contributed by atoms with Crippen LogP contribution in [0.15, 0.2) is 36.9 Å². The fourth-order valence-electron chi connectivity index (χ4n) is 0.773. The van der Waals surface area contributed by atoms with Gasteiger partial charge in [-0.1, -0.05) is 36.9 Å². The summed E-state index contributed by atoms with van der Waals surface area (Å²) in [6.45, 7) is 3.26. The van der Waals surface area contributed by atoms with Gasteiger partial charge in [0.05, 0.1) is 4.91 Å². The van der Waals surface area contributed by atoms with Crippen LogP contribution in [0.4, 0.5) is 0 Å². The van der Waals surface area contributed by atoms with Crippen LogP contribution in [0, 0.1) is 0 Å². The third kappa shape index (κ3) is 3.38. The van der Waals surface area contributed by atoms with Crippen LogP contribution < -0.4 is 0 Å². The minimum atomic E-state index is -4.15. The van der Waals surface area contributed by atoms with Crippen molar-refractivity contribution in [3.63, 3.8) is 0 Å². The van der Waals surface area contributed by atoms with Gasteiger partial charge in [-0.3, -0.25) is 4.55 Å². The van der Waals surface area contributed by atoms with Gasteiger partial charge < -0.3 is 0 Å². The van der Waals surface area contributed by atoms with Crippen LogP contribution in [0.2, 0.25) is 0 Å². The average molecular weight is 250 g/mol. The summed E-state index contributed by atoms with van der Waals surface area (Å²) in [5, 5.41) is 0. The minimum Gasteiger partial charge on any atom is -0.282 e. The summed E-state index contributed by atoms with van der Waals surface area (Å²) in [6.07, 6.45) is 0. The molecule has 13 heavy (non-hydrogen) atoms. The van der Waals surface area contributed by atoms with E-state index in [0.717, 1.165) is 0 Å². The van der Waals surface area contributed by atoms with Gasteiger partial charge in [0, 0.05) is 19.5 Å². The van der Waals surface area contributed by atoms with Crippen molar-refractivity contribution < 1.29 is 32.4 Å². The van der Waals surface area contributed by atoms with Crippen LogP contribution >= 0.6 is 0 Å². The Balaban J connectivity index is 0.00000144. The third-order valence-electron chi connectivity index (χ3n) is 1.41. The summed E-state index contributed by atoms with van der Waals surface area (Å²) in [6, 6.07) is 8.23. The smallest absolute Gasteiger partial charge is 0.282 e. The van der Waals surface area contributed by atoms with Gasteiger partial charge in [0.15, 0.2) is 0 Å². The van der Waals surface area contributed by atoms with E-state index >= 15 is 0 Å². The summed E-state index contributed by atoms with van der Waals surface area (Å²) >= 11 is 0. The molecular weight excluding hydrogens is 242 g/mol. The fraction of sp³-hybridized carbons (Fsp3) is 0. The second kappa shape index (κ2) is 4.65. The van der Waals surface area contributed by atoms with Crippen molar-refractivity contribution in [1.29, 1.82) is 0 Å². The van der Waals surface area contributed by atoms with Crippen molar-refractivity contribution in [1.82, 2.24) is 0 Å². The summed E-state index contributed by atoms with van der Waals surface area (Å²) in [7, 11) is -4.15. The maximum absolute atomic E-state index is 10.6. The molecule has 5 heteroatoms. The van der Waals surface area contributed by atoms with Crippen LogP contribution in [0.3, 0.4) is 0 Å². The molecule has 0 saturated heterocycles. The molecule has 0 fully saturated rings. The van der Waals surface area contributed by atoms with Crippen molar-refractivity contribution in [2.45, 2.75) is 0 Å². The SMILES string of the molecule is C=C(c1ccccc1)S(=O)(=O)O.[Zn]. The van der Waals surface area contributed by atoms with Gasteiger partial charge in [-0.15, -0.1) is 0 Å². The van der Waals surface area contributed by atoms with E-state index in [1.807, 2.05) is 0 Å². The molecule has 0 aromatic heterocycles. The molecule has 0 saturated carbocycles. The van der Waals surface area contributed by atoms with Gasteiger partial charge in [-0.05, 0) is 5.56 Å². The molecule has 1 aromatic rings. The zero-order valence-electron chi connectivity index (χ0n) is 6.97. The standard InChI is InChI=1S/C8H8O3S.Zn/c1-7(12(9,10)11)8-5-3-2-4-6-8;/h2-6H,1H2,(H,9,10,11);. The molecule has 3 nitrogen and oxygen atoms in total. The Morgan fingerprint density at radius 2 is 1.69 bits per heavy atom. The second-order valence-electron chi connectivity index (χ2n) is 2.26. The molecular formula is C8H8O3SZn. The molecule has 0 bridgehead atoms. The molecule has 0 radical (unpaired) electrons. The molecule has 0 aliphatic carbocycles. The van der Waals surface area contributed by atoms with E-state index in [4.69, 9.17) is 4.55 Å². The third-order valence-corrected chi connectivity index (χ3v) is 2.27. The summed E-state index contributed by atoms with van der Waals surface area (Å²) in [5.41, 5.74) is 0.403. The summed E-state index contributed by atoms with van der Waals surface area (Å²) < 4.78 is 29.8. The first-order chi connectivity index (χ1) is 5.52. The maximum Gasteiger partial charge on any atom is 0.294 e. The Morgan fingerprint density at radius 1 is 1.23 bits per heavy atom. The number of benzene rings is 1. The van der Waals surface area contributed by atoms with Crippen LogP contribution in [0.1, 0.15) is 5.56 Å². The van der Waals surface area contributed by atoms with Gasteiger partial charge in [0.1, 0.15) is 0 Å². The fourth-order valence-corrected chi connectivity index (χ4v) is 1.21. The first kappa shape index (κ1) is 12.5. The van der Waals surface area contributed by atoms with Crippen LogP contribution in [-0.2, 0) is 29.6 Å². The monoisotopic (exact) mass is 248 g/mol.